The van der Waals surface area contributed by atoms with Crippen LogP contribution >= 0.6 is 0 Å². The number of hydrogen-bond donors (Lipinski definition) is 0. The average Bonchev–Trinajstić information content (AvgIpc) is 3.46. The molecule has 1 aromatic carbocycles. The van der Waals surface area contributed by atoms with Crippen LogP contribution in [0.1, 0.15) is 26.5 Å². The zero-order valence-electron chi connectivity index (χ0n) is 16.3. The van der Waals surface area contributed by atoms with Crippen LogP contribution in [-0.2, 0) is 19.3 Å². The summed E-state index contributed by atoms with van der Waals surface area (Å²) in [5.41, 5.74) is 1.10. The van der Waals surface area contributed by atoms with Crippen molar-refractivity contribution in [3.63, 3.8) is 0 Å². The second-order valence-corrected chi connectivity index (χ2v) is 7.32. The lowest BCUT2D eigenvalue weighted by atomic mass is 9.93. The molecule has 2 amide bonds. The van der Waals surface area contributed by atoms with Gasteiger partial charge in [-0.25, -0.2) is 0 Å². The quantitative estimate of drug-likeness (QED) is 0.681. The molecule has 0 N–H and O–H groups in total. The van der Waals surface area contributed by atoms with Crippen LogP contribution in [0, 0.1) is 0 Å². The number of methoxy groups -OCH3 is 1. The molecule has 8 nitrogen and oxygen atoms in total. The molecule has 0 saturated carbocycles. The Bertz CT molecular complexity index is 1100. The Morgan fingerprint density at radius 1 is 1.14 bits per heavy atom. The monoisotopic (exact) mass is 391 g/mol. The third-order valence-electron chi connectivity index (χ3n) is 5.96. The molecule has 4 heterocycles. The van der Waals surface area contributed by atoms with Crippen LogP contribution in [0.15, 0.2) is 54.9 Å². The van der Waals surface area contributed by atoms with Crippen molar-refractivity contribution >= 4 is 11.8 Å². The highest BCUT2D eigenvalue weighted by atomic mass is 16.5. The van der Waals surface area contributed by atoms with Crippen LogP contribution in [0.2, 0.25) is 0 Å². The van der Waals surface area contributed by atoms with Gasteiger partial charge in [0.1, 0.15) is 17.1 Å². The standard InChI is InChI=1S/C21H21N5O3/c1-23-17(9-10-22-23)19(27)25-12-13-26-20(28)18-4-3-11-24(18)14-21(25,26)15-5-7-16(29-2)8-6-15/h3-11H,12-14H2,1-2H3. The Labute approximate surface area is 167 Å². The molecule has 1 unspecified atom stereocenters. The second kappa shape index (κ2) is 6.23. The fourth-order valence-electron chi connectivity index (χ4n) is 4.53. The van der Waals surface area contributed by atoms with Crippen molar-refractivity contribution in [1.29, 1.82) is 0 Å². The van der Waals surface area contributed by atoms with Crippen LogP contribution in [0.25, 0.3) is 0 Å². The van der Waals surface area contributed by atoms with Crippen LogP contribution in [0.4, 0.5) is 0 Å². The molecule has 0 aliphatic carbocycles. The fraction of sp³-hybridized carbons (Fsp3) is 0.286. The van der Waals surface area contributed by atoms with E-state index in [0.29, 0.717) is 31.0 Å². The third kappa shape index (κ3) is 2.35. The van der Waals surface area contributed by atoms with E-state index in [1.54, 1.807) is 36.0 Å². The summed E-state index contributed by atoms with van der Waals surface area (Å²) in [7, 11) is 3.36. The number of aromatic nitrogens is 3. The lowest BCUT2D eigenvalue weighted by Gasteiger charge is -2.47. The number of carbonyl (C=O) groups is 2. The van der Waals surface area contributed by atoms with Crippen molar-refractivity contribution < 1.29 is 14.3 Å². The van der Waals surface area contributed by atoms with Gasteiger partial charge in [-0.1, -0.05) is 12.1 Å². The highest BCUT2D eigenvalue weighted by molar-refractivity contribution is 5.97. The molecule has 0 radical (unpaired) electrons. The molecular formula is C21H21N5O3. The molecule has 1 fully saturated rings. The van der Waals surface area contributed by atoms with Crippen molar-refractivity contribution in [3.05, 3.63) is 71.8 Å². The first-order chi connectivity index (χ1) is 14.1. The third-order valence-corrected chi connectivity index (χ3v) is 5.96. The highest BCUT2D eigenvalue weighted by Gasteiger charge is 2.56. The van der Waals surface area contributed by atoms with Gasteiger partial charge in [-0.2, -0.15) is 5.10 Å². The van der Waals surface area contributed by atoms with E-state index in [-0.39, 0.29) is 11.8 Å². The SMILES string of the molecule is COc1ccc(C23Cn4cccc4C(=O)N2CCN3C(=O)c2ccnn2C)cc1. The Balaban J connectivity index is 1.69. The maximum absolute atomic E-state index is 13.5. The summed E-state index contributed by atoms with van der Waals surface area (Å²) < 4.78 is 8.80. The smallest absolute Gasteiger partial charge is 0.274 e. The predicted molar refractivity (Wildman–Crippen MR) is 104 cm³/mol. The Morgan fingerprint density at radius 2 is 1.93 bits per heavy atom. The number of fused-ring (bicyclic) bond motifs is 2. The van der Waals surface area contributed by atoms with Gasteiger partial charge < -0.3 is 19.1 Å². The zero-order chi connectivity index (χ0) is 20.2. The fourth-order valence-corrected chi connectivity index (χ4v) is 4.53. The molecule has 29 heavy (non-hydrogen) atoms. The number of rotatable bonds is 3. The molecule has 0 spiro atoms. The first-order valence-electron chi connectivity index (χ1n) is 9.48. The van der Waals surface area contributed by atoms with Crippen LogP contribution in [-0.4, -0.2) is 56.2 Å². The second-order valence-electron chi connectivity index (χ2n) is 7.32. The van der Waals surface area contributed by atoms with E-state index in [4.69, 9.17) is 4.74 Å². The maximum atomic E-state index is 13.5. The van der Waals surface area contributed by atoms with Gasteiger partial charge in [-0.15, -0.1) is 0 Å². The van der Waals surface area contributed by atoms with E-state index in [0.717, 1.165) is 11.3 Å². The van der Waals surface area contributed by atoms with Crippen molar-refractivity contribution in [2.75, 3.05) is 20.2 Å². The van der Waals surface area contributed by atoms with E-state index < -0.39 is 5.66 Å². The highest BCUT2D eigenvalue weighted by Crippen LogP contribution is 2.43. The molecule has 2 aromatic heterocycles. The van der Waals surface area contributed by atoms with Gasteiger partial charge in [0.05, 0.1) is 13.7 Å². The van der Waals surface area contributed by atoms with Gasteiger partial charge in [0, 0.05) is 38.1 Å². The molecule has 2 aliphatic rings. The van der Waals surface area contributed by atoms with Crippen LogP contribution < -0.4 is 4.74 Å². The van der Waals surface area contributed by atoms with E-state index >= 15 is 0 Å². The maximum Gasteiger partial charge on any atom is 0.274 e. The molecule has 5 rings (SSSR count). The summed E-state index contributed by atoms with van der Waals surface area (Å²) in [5.74, 6) is 0.507. The van der Waals surface area contributed by atoms with Gasteiger partial charge in [0.15, 0.2) is 5.66 Å². The molecule has 3 aromatic rings. The van der Waals surface area contributed by atoms with E-state index in [2.05, 4.69) is 5.10 Å². The van der Waals surface area contributed by atoms with Crippen molar-refractivity contribution in [1.82, 2.24) is 24.1 Å². The average molecular weight is 391 g/mol. The Kier molecular flexibility index (Phi) is 3.77. The molecular weight excluding hydrogens is 370 g/mol. The molecule has 148 valence electrons. The number of benzene rings is 1. The summed E-state index contributed by atoms with van der Waals surface area (Å²) in [4.78, 5) is 30.5. The first-order valence-corrected chi connectivity index (χ1v) is 9.48. The minimum atomic E-state index is -0.906. The molecule has 2 aliphatic heterocycles. The minimum Gasteiger partial charge on any atom is -0.497 e. The van der Waals surface area contributed by atoms with Crippen LogP contribution in [0.5, 0.6) is 5.75 Å². The lowest BCUT2D eigenvalue weighted by molar-refractivity contribution is -0.00640. The predicted octanol–water partition coefficient (Wildman–Crippen LogP) is 1.69. The Morgan fingerprint density at radius 3 is 2.62 bits per heavy atom. The molecule has 8 heteroatoms. The van der Waals surface area contributed by atoms with Gasteiger partial charge in [0.25, 0.3) is 11.8 Å². The van der Waals surface area contributed by atoms with E-state index in [1.165, 1.54) is 0 Å². The summed E-state index contributed by atoms with van der Waals surface area (Å²) in [5, 5.41) is 4.14. The summed E-state index contributed by atoms with van der Waals surface area (Å²) in [6.45, 7) is 1.39. The molecule has 1 atom stereocenters. The minimum absolute atomic E-state index is 0.0719. The van der Waals surface area contributed by atoms with Gasteiger partial charge >= 0.3 is 0 Å². The van der Waals surface area contributed by atoms with Gasteiger partial charge in [-0.3, -0.25) is 14.3 Å². The van der Waals surface area contributed by atoms with Crippen molar-refractivity contribution in [2.45, 2.75) is 12.2 Å². The topological polar surface area (TPSA) is 72.6 Å². The number of carbonyl (C=O) groups excluding carboxylic acids is 2. The number of aryl methyl sites for hydroxylation is 1. The van der Waals surface area contributed by atoms with Crippen molar-refractivity contribution in [3.8, 4) is 5.75 Å². The van der Waals surface area contributed by atoms with E-state index in [9.17, 15) is 9.59 Å². The first kappa shape index (κ1) is 17.5. The van der Waals surface area contributed by atoms with Gasteiger partial charge in [-0.05, 0) is 30.3 Å². The molecule has 0 bridgehead atoms. The van der Waals surface area contributed by atoms with Crippen LogP contribution in [0.3, 0.4) is 0 Å². The Hall–Kier alpha value is -3.55. The number of amides is 2. The number of ether oxygens (including phenoxy) is 1. The molecule has 1 saturated heterocycles. The van der Waals surface area contributed by atoms with E-state index in [1.807, 2.05) is 52.1 Å². The summed E-state index contributed by atoms with van der Waals surface area (Å²) >= 11 is 0. The lowest BCUT2D eigenvalue weighted by Crippen LogP contribution is -2.60. The zero-order valence-corrected chi connectivity index (χ0v) is 16.3. The van der Waals surface area contributed by atoms with Crippen molar-refractivity contribution in [2.24, 2.45) is 7.05 Å². The summed E-state index contributed by atoms with van der Waals surface area (Å²) in [6.07, 6.45) is 3.50. The number of nitrogens with zero attached hydrogens (tertiary/aromatic N) is 5. The normalized spacial score (nSPS) is 20.6. The number of hydrogen-bond acceptors (Lipinski definition) is 4. The van der Waals surface area contributed by atoms with Gasteiger partial charge in [0.2, 0.25) is 0 Å². The summed E-state index contributed by atoms with van der Waals surface area (Å²) in [6, 6.07) is 13.0. The largest absolute Gasteiger partial charge is 0.497 e.